The van der Waals surface area contributed by atoms with Gasteiger partial charge in [-0.15, -0.1) is 0 Å². The van der Waals surface area contributed by atoms with Gasteiger partial charge in [0.2, 0.25) is 0 Å². The lowest BCUT2D eigenvalue weighted by atomic mass is 9.47. The Bertz CT molecular complexity index is 546. The number of rotatable bonds is 0. The van der Waals surface area contributed by atoms with Crippen molar-refractivity contribution < 1.29 is 4.79 Å². The number of allylic oxidation sites excluding steroid dienone is 1. The van der Waals surface area contributed by atoms with E-state index in [1.807, 2.05) is 6.08 Å². The third-order valence-corrected chi connectivity index (χ3v) is 8.62. The Morgan fingerprint density at radius 2 is 2.00 bits per heavy atom. The van der Waals surface area contributed by atoms with Crippen LogP contribution in [0, 0.1) is 40.4 Å². The average Bonchev–Trinajstić information content (AvgIpc) is 3.09. The number of ketones is 1. The molecule has 0 aromatic carbocycles. The maximum atomic E-state index is 11.8. The predicted molar refractivity (Wildman–Crippen MR) is 83.7 cm³/mol. The molecule has 3 unspecified atom stereocenters. The molecule has 4 fully saturated rings. The molecule has 1 heteroatoms. The van der Waals surface area contributed by atoms with Gasteiger partial charge in [-0.2, -0.15) is 0 Å². The van der Waals surface area contributed by atoms with Crippen LogP contribution in [0.5, 0.6) is 0 Å². The first kappa shape index (κ1) is 12.9. The molecule has 0 aromatic heterocycles. The standard InChI is InChI=1S/C20H28O/c1-12-9-13-10-15(21)3-4-16(13)17-6-8-19(2)7-5-14-11-20(14,19)18(12)17/h10,12,14,16-18H,3-9,11H2,1-2H3/t12?,14?,16-,17+,18+,19-,20?/m0/s1. The molecule has 7 atom stereocenters. The van der Waals surface area contributed by atoms with Gasteiger partial charge >= 0.3 is 0 Å². The van der Waals surface area contributed by atoms with Gasteiger partial charge in [-0.1, -0.05) is 19.4 Å². The third-order valence-electron chi connectivity index (χ3n) is 8.62. The molecule has 114 valence electrons. The highest BCUT2D eigenvalue weighted by molar-refractivity contribution is 5.91. The van der Waals surface area contributed by atoms with E-state index in [-0.39, 0.29) is 0 Å². The third kappa shape index (κ3) is 1.42. The van der Waals surface area contributed by atoms with Gasteiger partial charge in [0.1, 0.15) is 0 Å². The molecule has 0 aromatic rings. The van der Waals surface area contributed by atoms with Gasteiger partial charge in [-0.05, 0) is 91.4 Å². The molecular weight excluding hydrogens is 256 g/mol. The number of carbonyl (C=O) groups excluding carboxylic acids is 1. The molecule has 5 aliphatic carbocycles. The lowest BCUT2D eigenvalue weighted by Crippen LogP contribution is -2.50. The Balaban J connectivity index is 1.56. The number of fused-ring (bicyclic) bond motifs is 3. The van der Waals surface area contributed by atoms with Crippen molar-refractivity contribution in [3.8, 4) is 0 Å². The minimum Gasteiger partial charge on any atom is -0.295 e. The largest absolute Gasteiger partial charge is 0.295 e. The van der Waals surface area contributed by atoms with Crippen molar-refractivity contribution in [1.82, 2.24) is 0 Å². The minimum absolute atomic E-state index is 0.399. The molecule has 21 heavy (non-hydrogen) atoms. The predicted octanol–water partition coefficient (Wildman–Crippen LogP) is 4.76. The summed E-state index contributed by atoms with van der Waals surface area (Å²) >= 11 is 0. The summed E-state index contributed by atoms with van der Waals surface area (Å²) < 4.78 is 0. The second-order valence-electron chi connectivity index (χ2n) is 9.28. The number of carbonyl (C=O) groups is 1. The fourth-order valence-corrected chi connectivity index (χ4v) is 7.84. The zero-order valence-corrected chi connectivity index (χ0v) is 13.5. The van der Waals surface area contributed by atoms with Crippen molar-refractivity contribution in [2.24, 2.45) is 40.4 Å². The van der Waals surface area contributed by atoms with E-state index in [0.717, 1.165) is 47.8 Å². The lowest BCUT2D eigenvalue weighted by Gasteiger charge is -2.57. The van der Waals surface area contributed by atoms with Gasteiger partial charge in [0.25, 0.3) is 0 Å². The van der Waals surface area contributed by atoms with E-state index in [2.05, 4.69) is 13.8 Å². The molecule has 1 nitrogen and oxygen atoms in total. The molecule has 0 heterocycles. The van der Waals surface area contributed by atoms with Gasteiger partial charge in [0.15, 0.2) is 5.78 Å². The molecule has 1 spiro atoms. The van der Waals surface area contributed by atoms with Crippen LogP contribution in [-0.2, 0) is 4.79 Å². The van der Waals surface area contributed by atoms with Crippen molar-refractivity contribution in [3.63, 3.8) is 0 Å². The van der Waals surface area contributed by atoms with Crippen LogP contribution >= 0.6 is 0 Å². The Morgan fingerprint density at radius 3 is 2.81 bits per heavy atom. The van der Waals surface area contributed by atoms with Crippen LogP contribution in [0.2, 0.25) is 0 Å². The fourth-order valence-electron chi connectivity index (χ4n) is 7.84. The summed E-state index contributed by atoms with van der Waals surface area (Å²) in [6.07, 6.45) is 12.7. The van der Waals surface area contributed by atoms with E-state index < -0.39 is 0 Å². The Hall–Kier alpha value is -0.590. The highest BCUT2D eigenvalue weighted by atomic mass is 16.1. The zero-order chi connectivity index (χ0) is 14.4. The number of hydrogen-bond acceptors (Lipinski definition) is 1. The monoisotopic (exact) mass is 284 g/mol. The molecule has 4 saturated carbocycles. The first-order valence-corrected chi connectivity index (χ1v) is 9.28. The lowest BCUT2D eigenvalue weighted by molar-refractivity contribution is -0.116. The van der Waals surface area contributed by atoms with E-state index in [0.29, 0.717) is 11.2 Å². The Labute approximate surface area is 128 Å². The molecule has 0 saturated heterocycles. The van der Waals surface area contributed by atoms with E-state index in [1.54, 1.807) is 6.42 Å². The summed E-state index contributed by atoms with van der Waals surface area (Å²) in [6, 6.07) is 0. The molecule has 0 N–H and O–H groups in total. The molecule has 0 bridgehead atoms. The maximum absolute atomic E-state index is 11.8. The van der Waals surface area contributed by atoms with E-state index >= 15 is 0 Å². The molecule has 0 amide bonds. The summed E-state index contributed by atoms with van der Waals surface area (Å²) in [5, 5.41) is 0. The first-order valence-electron chi connectivity index (χ1n) is 9.28. The van der Waals surface area contributed by atoms with Gasteiger partial charge in [-0.3, -0.25) is 4.79 Å². The SMILES string of the molecule is CC1CC2=CC(=O)CC[C@@H]2[C@H]2CC[C@]3(C)CCC4CC43[C@H]12. The normalized spacial score (nSPS) is 57.7. The van der Waals surface area contributed by atoms with Crippen LogP contribution in [0.4, 0.5) is 0 Å². The topological polar surface area (TPSA) is 17.1 Å². The van der Waals surface area contributed by atoms with Gasteiger partial charge in [0.05, 0.1) is 0 Å². The van der Waals surface area contributed by atoms with Crippen LogP contribution in [0.15, 0.2) is 11.6 Å². The first-order chi connectivity index (χ1) is 10.1. The molecule has 5 rings (SSSR count). The fraction of sp³-hybridized carbons (Fsp3) is 0.850. The summed E-state index contributed by atoms with van der Waals surface area (Å²) in [5.74, 6) is 4.92. The second kappa shape index (κ2) is 3.84. The second-order valence-corrected chi connectivity index (χ2v) is 9.28. The van der Waals surface area contributed by atoms with Gasteiger partial charge < -0.3 is 0 Å². The van der Waals surface area contributed by atoms with Crippen molar-refractivity contribution in [2.45, 2.75) is 65.2 Å². The van der Waals surface area contributed by atoms with Crippen LogP contribution in [0.3, 0.4) is 0 Å². The van der Waals surface area contributed by atoms with Crippen LogP contribution < -0.4 is 0 Å². The molecule has 5 aliphatic rings. The summed E-state index contributed by atoms with van der Waals surface area (Å²) in [4.78, 5) is 11.8. The zero-order valence-electron chi connectivity index (χ0n) is 13.5. The van der Waals surface area contributed by atoms with Crippen LogP contribution in [-0.4, -0.2) is 5.78 Å². The van der Waals surface area contributed by atoms with E-state index in [9.17, 15) is 4.79 Å². The van der Waals surface area contributed by atoms with Crippen LogP contribution in [0.25, 0.3) is 0 Å². The maximum Gasteiger partial charge on any atom is 0.155 e. The average molecular weight is 284 g/mol. The van der Waals surface area contributed by atoms with Crippen molar-refractivity contribution in [1.29, 1.82) is 0 Å². The molecular formula is C20H28O. The van der Waals surface area contributed by atoms with E-state index in [4.69, 9.17) is 0 Å². The quantitative estimate of drug-likeness (QED) is 0.626. The van der Waals surface area contributed by atoms with Crippen molar-refractivity contribution in [3.05, 3.63) is 11.6 Å². The van der Waals surface area contributed by atoms with Crippen LogP contribution in [0.1, 0.15) is 65.2 Å². The molecule has 0 aliphatic heterocycles. The van der Waals surface area contributed by atoms with Crippen molar-refractivity contribution in [2.75, 3.05) is 0 Å². The number of hydrogen-bond donors (Lipinski definition) is 0. The Morgan fingerprint density at radius 1 is 1.19 bits per heavy atom. The van der Waals surface area contributed by atoms with Gasteiger partial charge in [0, 0.05) is 6.42 Å². The minimum atomic E-state index is 0.399. The summed E-state index contributed by atoms with van der Waals surface area (Å²) in [7, 11) is 0. The van der Waals surface area contributed by atoms with E-state index in [1.165, 1.54) is 37.7 Å². The molecule has 0 radical (unpaired) electrons. The summed E-state index contributed by atoms with van der Waals surface area (Å²) in [6.45, 7) is 5.13. The summed E-state index contributed by atoms with van der Waals surface area (Å²) in [5.41, 5.74) is 2.93. The highest BCUT2D eigenvalue weighted by Gasteiger charge is 2.74. The van der Waals surface area contributed by atoms with Gasteiger partial charge in [-0.25, -0.2) is 0 Å². The van der Waals surface area contributed by atoms with Crippen molar-refractivity contribution >= 4 is 5.78 Å². The smallest absolute Gasteiger partial charge is 0.155 e. The highest BCUT2D eigenvalue weighted by Crippen LogP contribution is 2.82. The Kier molecular flexibility index (Phi) is 2.36.